The Bertz CT molecular complexity index is 751. The number of anilines is 1. The minimum atomic E-state index is -0.369. The van der Waals surface area contributed by atoms with Crippen molar-refractivity contribution in [1.29, 1.82) is 0 Å². The molecule has 2 aromatic rings. The molecule has 1 aromatic carbocycles. The van der Waals surface area contributed by atoms with Crippen molar-refractivity contribution in [3.8, 4) is 0 Å². The first kappa shape index (κ1) is 16.8. The molecule has 0 spiro atoms. The number of halogens is 1. The molecule has 0 aliphatic heterocycles. The largest absolute Gasteiger partial charge is 0.344 e. The molecular formula is C16H16FN3O2S. The number of hydrogen-bond donors (Lipinski definition) is 1. The van der Waals surface area contributed by atoms with E-state index in [4.69, 9.17) is 0 Å². The second kappa shape index (κ2) is 7.15. The Kier molecular flexibility index (Phi) is 5.23. The molecular weight excluding hydrogens is 317 g/mol. The monoisotopic (exact) mass is 333 g/mol. The van der Waals surface area contributed by atoms with Crippen molar-refractivity contribution in [3.63, 3.8) is 0 Å². The number of rotatable bonds is 4. The Labute approximate surface area is 137 Å². The summed E-state index contributed by atoms with van der Waals surface area (Å²) in [5, 5.41) is 2.98. The molecule has 7 heteroatoms. The highest BCUT2D eigenvalue weighted by Gasteiger charge is 2.17. The molecule has 5 nitrogen and oxygen atoms in total. The van der Waals surface area contributed by atoms with Gasteiger partial charge in [0.05, 0.1) is 5.69 Å². The van der Waals surface area contributed by atoms with Crippen molar-refractivity contribution in [3.05, 3.63) is 52.3 Å². The number of aryl methyl sites for hydroxylation is 1. The van der Waals surface area contributed by atoms with Gasteiger partial charge in [-0.25, -0.2) is 9.37 Å². The third kappa shape index (κ3) is 4.46. The predicted octanol–water partition coefficient (Wildman–Crippen LogP) is 2.94. The van der Waals surface area contributed by atoms with E-state index in [2.05, 4.69) is 10.3 Å². The normalized spacial score (nSPS) is 10.8. The van der Waals surface area contributed by atoms with E-state index in [1.54, 1.807) is 39.2 Å². The molecule has 23 heavy (non-hydrogen) atoms. The molecule has 0 saturated carbocycles. The minimum absolute atomic E-state index is 0.151. The Morgan fingerprint density at radius 2 is 1.91 bits per heavy atom. The number of thiazole rings is 1. The molecule has 0 fully saturated rings. The van der Waals surface area contributed by atoms with Gasteiger partial charge in [-0.3, -0.25) is 14.9 Å². The van der Waals surface area contributed by atoms with Crippen LogP contribution in [0, 0.1) is 12.7 Å². The molecule has 0 aliphatic carbocycles. The summed E-state index contributed by atoms with van der Waals surface area (Å²) in [5.74, 6) is -0.850. The van der Waals surface area contributed by atoms with Crippen molar-refractivity contribution in [2.24, 2.45) is 0 Å². The van der Waals surface area contributed by atoms with Crippen molar-refractivity contribution >= 4 is 34.4 Å². The van der Waals surface area contributed by atoms with Crippen LogP contribution in [0.15, 0.2) is 30.3 Å². The van der Waals surface area contributed by atoms with Crippen LogP contribution in [0.3, 0.4) is 0 Å². The van der Waals surface area contributed by atoms with Crippen LogP contribution in [0.4, 0.5) is 9.52 Å². The Balaban J connectivity index is 2.04. The van der Waals surface area contributed by atoms with Gasteiger partial charge in [0, 0.05) is 20.2 Å². The number of carbonyl (C=O) groups excluding carboxylic acids is 2. The fraction of sp³-hybridized carbons (Fsp3) is 0.188. The summed E-state index contributed by atoms with van der Waals surface area (Å²) in [6.07, 6.45) is 2.90. The van der Waals surface area contributed by atoms with Crippen molar-refractivity contribution < 1.29 is 14.0 Å². The summed E-state index contributed by atoms with van der Waals surface area (Å²) in [7, 11) is 3.32. The lowest BCUT2D eigenvalue weighted by molar-refractivity contribution is -0.111. The Morgan fingerprint density at radius 1 is 1.26 bits per heavy atom. The van der Waals surface area contributed by atoms with E-state index in [0.717, 1.165) is 11.3 Å². The van der Waals surface area contributed by atoms with Crippen LogP contribution < -0.4 is 5.32 Å². The van der Waals surface area contributed by atoms with E-state index in [0.29, 0.717) is 21.3 Å². The van der Waals surface area contributed by atoms with E-state index in [9.17, 15) is 14.0 Å². The van der Waals surface area contributed by atoms with Gasteiger partial charge in [-0.1, -0.05) is 23.5 Å². The zero-order chi connectivity index (χ0) is 17.0. The Morgan fingerprint density at radius 3 is 2.52 bits per heavy atom. The molecule has 1 heterocycles. The molecule has 1 aromatic heterocycles. The van der Waals surface area contributed by atoms with E-state index in [1.807, 2.05) is 0 Å². The quantitative estimate of drug-likeness (QED) is 0.875. The molecule has 0 aliphatic rings. The van der Waals surface area contributed by atoms with Crippen molar-refractivity contribution in [2.45, 2.75) is 6.92 Å². The second-order valence-corrected chi connectivity index (χ2v) is 6.01. The highest BCUT2D eigenvalue weighted by Crippen LogP contribution is 2.23. The van der Waals surface area contributed by atoms with E-state index in [1.165, 1.54) is 23.1 Å². The first-order valence-electron chi connectivity index (χ1n) is 6.80. The molecule has 1 N–H and O–H groups in total. The van der Waals surface area contributed by atoms with Gasteiger partial charge in [-0.2, -0.15) is 0 Å². The van der Waals surface area contributed by atoms with Gasteiger partial charge >= 0.3 is 0 Å². The lowest BCUT2D eigenvalue weighted by Crippen LogP contribution is -2.21. The maximum absolute atomic E-state index is 12.8. The third-order valence-electron chi connectivity index (χ3n) is 2.92. The zero-order valence-corrected chi connectivity index (χ0v) is 13.8. The Hall–Kier alpha value is -2.54. The second-order valence-electron chi connectivity index (χ2n) is 5.01. The van der Waals surface area contributed by atoms with E-state index >= 15 is 0 Å². The number of aromatic nitrogens is 1. The SMILES string of the molecule is Cc1nc(NC(=O)/C=C\c2ccc(F)cc2)sc1C(=O)N(C)C. The van der Waals surface area contributed by atoms with Gasteiger partial charge in [0.2, 0.25) is 5.91 Å². The molecule has 0 saturated heterocycles. The van der Waals surface area contributed by atoms with Crippen LogP contribution in [0.25, 0.3) is 6.08 Å². The summed E-state index contributed by atoms with van der Waals surface area (Å²) in [6, 6.07) is 5.78. The van der Waals surface area contributed by atoms with Gasteiger partial charge in [-0.05, 0) is 30.7 Å². The van der Waals surface area contributed by atoms with E-state index in [-0.39, 0.29) is 17.6 Å². The van der Waals surface area contributed by atoms with E-state index < -0.39 is 0 Å². The molecule has 2 rings (SSSR count). The van der Waals surface area contributed by atoms with Crippen LogP contribution in [0.1, 0.15) is 20.9 Å². The number of carbonyl (C=O) groups is 2. The summed E-state index contributed by atoms with van der Waals surface area (Å²) in [6.45, 7) is 1.72. The summed E-state index contributed by atoms with van der Waals surface area (Å²) in [5.41, 5.74) is 1.28. The molecule has 0 unspecified atom stereocenters. The first-order chi connectivity index (χ1) is 10.9. The van der Waals surface area contributed by atoms with Gasteiger partial charge in [0.1, 0.15) is 10.7 Å². The number of nitrogens with zero attached hydrogens (tertiary/aromatic N) is 2. The number of amides is 2. The maximum Gasteiger partial charge on any atom is 0.265 e. The first-order valence-corrected chi connectivity index (χ1v) is 7.62. The number of benzene rings is 1. The fourth-order valence-corrected chi connectivity index (χ4v) is 2.74. The van der Waals surface area contributed by atoms with Crippen LogP contribution in [-0.4, -0.2) is 35.8 Å². The average molecular weight is 333 g/mol. The van der Waals surface area contributed by atoms with Gasteiger partial charge in [0.15, 0.2) is 5.13 Å². The predicted molar refractivity (Wildman–Crippen MR) is 88.9 cm³/mol. The van der Waals surface area contributed by atoms with Gasteiger partial charge < -0.3 is 4.90 Å². The van der Waals surface area contributed by atoms with Gasteiger partial charge in [-0.15, -0.1) is 0 Å². The van der Waals surface area contributed by atoms with Crippen LogP contribution in [0.2, 0.25) is 0 Å². The smallest absolute Gasteiger partial charge is 0.265 e. The molecule has 2 amide bonds. The third-order valence-corrected chi connectivity index (χ3v) is 3.99. The zero-order valence-electron chi connectivity index (χ0n) is 13.0. The molecule has 120 valence electrons. The molecule has 0 bridgehead atoms. The standard InChI is InChI=1S/C16H16FN3O2S/c1-10-14(15(22)20(2)3)23-16(18-10)19-13(21)9-6-11-4-7-12(17)8-5-11/h4-9H,1-3H3,(H,18,19,21)/b9-6-. The summed E-state index contributed by atoms with van der Waals surface area (Å²) >= 11 is 1.13. The van der Waals surface area contributed by atoms with Crippen LogP contribution in [-0.2, 0) is 4.79 Å². The highest BCUT2D eigenvalue weighted by molar-refractivity contribution is 7.17. The number of hydrogen-bond acceptors (Lipinski definition) is 4. The number of nitrogens with one attached hydrogen (secondary N) is 1. The van der Waals surface area contributed by atoms with Crippen molar-refractivity contribution in [2.75, 3.05) is 19.4 Å². The van der Waals surface area contributed by atoms with Crippen LogP contribution in [0.5, 0.6) is 0 Å². The maximum atomic E-state index is 12.8. The highest BCUT2D eigenvalue weighted by atomic mass is 32.1. The molecule has 0 atom stereocenters. The average Bonchev–Trinajstić information content (AvgIpc) is 2.86. The topological polar surface area (TPSA) is 62.3 Å². The minimum Gasteiger partial charge on any atom is -0.344 e. The summed E-state index contributed by atoms with van der Waals surface area (Å²) < 4.78 is 12.8. The van der Waals surface area contributed by atoms with Crippen LogP contribution >= 0.6 is 11.3 Å². The van der Waals surface area contributed by atoms with Crippen molar-refractivity contribution in [1.82, 2.24) is 9.88 Å². The fourth-order valence-electron chi connectivity index (χ4n) is 1.74. The lowest BCUT2D eigenvalue weighted by atomic mass is 10.2. The van der Waals surface area contributed by atoms with Gasteiger partial charge in [0.25, 0.3) is 5.91 Å². The molecule has 0 radical (unpaired) electrons. The lowest BCUT2D eigenvalue weighted by Gasteiger charge is -2.07. The summed E-state index contributed by atoms with van der Waals surface area (Å²) in [4.78, 5) is 29.9.